The Bertz CT molecular complexity index is 168. The molecule has 0 radical (unpaired) electrons. The van der Waals surface area contributed by atoms with Gasteiger partial charge in [-0.25, -0.2) is 0 Å². The van der Waals surface area contributed by atoms with Gasteiger partial charge >= 0.3 is 0 Å². The number of hydrogen-bond acceptors (Lipinski definition) is 2. The monoisotopic (exact) mass is 202 g/mol. The first-order chi connectivity index (χ1) is 6.25. The van der Waals surface area contributed by atoms with Crippen molar-refractivity contribution >= 4 is 11.6 Å². The Labute approximate surface area is 85.7 Å². The molecule has 0 aliphatic carbocycles. The van der Waals surface area contributed by atoms with Crippen molar-refractivity contribution in [2.24, 2.45) is 5.73 Å². The highest BCUT2D eigenvalue weighted by Crippen LogP contribution is 2.18. The quantitative estimate of drug-likeness (QED) is 0.758. The SMILES string of the molecule is CC(N)C1CCCCN1CC=CCl. The topological polar surface area (TPSA) is 29.3 Å². The Hall–Kier alpha value is -0.0500. The van der Waals surface area contributed by atoms with Gasteiger partial charge in [0.25, 0.3) is 0 Å². The van der Waals surface area contributed by atoms with Gasteiger partial charge in [0.1, 0.15) is 0 Å². The average Bonchev–Trinajstić information content (AvgIpc) is 2.15. The Kier molecular flexibility index (Phi) is 4.78. The molecule has 1 fully saturated rings. The lowest BCUT2D eigenvalue weighted by Gasteiger charge is -2.37. The first-order valence-electron chi connectivity index (χ1n) is 5.00. The van der Waals surface area contributed by atoms with Crippen molar-refractivity contribution in [2.45, 2.75) is 38.3 Å². The summed E-state index contributed by atoms with van der Waals surface area (Å²) < 4.78 is 0. The fourth-order valence-electron chi connectivity index (χ4n) is 2.01. The van der Waals surface area contributed by atoms with E-state index in [2.05, 4.69) is 11.8 Å². The van der Waals surface area contributed by atoms with E-state index in [-0.39, 0.29) is 6.04 Å². The number of hydrogen-bond donors (Lipinski definition) is 1. The Morgan fingerprint density at radius 2 is 2.38 bits per heavy atom. The zero-order valence-electron chi connectivity index (χ0n) is 8.25. The van der Waals surface area contributed by atoms with Gasteiger partial charge in [0, 0.05) is 24.2 Å². The van der Waals surface area contributed by atoms with Crippen LogP contribution in [-0.4, -0.2) is 30.1 Å². The molecular weight excluding hydrogens is 184 g/mol. The number of halogens is 1. The summed E-state index contributed by atoms with van der Waals surface area (Å²) in [5, 5.41) is 0. The molecule has 3 heteroatoms. The van der Waals surface area contributed by atoms with Crippen molar-refractivity contribution in [3.05, 3.63) is 11.6 Å². The summed E-state index contributed by atoms with van der Waals surface area (Å²) in [7, 11) is 0. The number of rotatable bonds is 3. The van der Waals surface area contributed by atoms with E-state index in [0.29, 0.717) is 6.04 Å². The Morgan fingerprint density at radius 1 is 1.62 bits per heavy atom. The van der Waals surface area contributed by atoms with Gasteiger partial charge in [0.15, 0.2) is 0 Å². The second kappa shape index (κ2) is 5.63. The number of nitrogens with two attached hydrogens (primary N) is 1. The number of likely N-dealkylation sites (tertiary alicyclic amines) is 1. The molecule has 0 amide bonds. The van der Waals surface area contributed by atoms with Gasteiger partial charge in [-0.3, -0.25) is 4.90 Å². The maximum atomic E-state index is 5.93. The molecule has 0 saturated carbocycles. The van der Waals surface area contributed by atoms with Gasteiger partial charge in [-0.15, -0.1) is 0 Å². The molecule has 0 aromatic rings. The highest BCUT2D eigenvalue weighted by molar-refractivity contribution is 6.25. The molecule has 2 nitrogen and oxygen atoms in total. The van der Waals surface area contributed by atoms with Crippen LogP contribution in [0.25, 0.3) is 0 Å². The van der Waals surface area contributed by atoms with E-state index in [0.717, 1.165) is 13.1 Å². The number of nitrogens with zero attached hydrogens (tertiary/aromatic N) is 1. The van der Waals surface area contributed by atoms with Crippen LogP contribution in [0.5, 0.6) is 0 Å². The van der Waals surface area contributed by atoms with Crippen molar-refractivity contribution in [1.29, 1.82) is 0 Å². The third-order valence-corrected chi connectivity index (χ3v) is 2.88. The molecule has 0 aromatic heterocycles. The predicted octanol–water partition coefficient (Wildman–Crippen LogP) is 1.94. The molecule has 0 spiro atoms. The zero-order valence-corrected chi connectivity index (χ0v) is 9.00. The van der Waals surface area contributed by atoms with Crippen LogP contribution in [0.15, 0.2) is 11.6 Å². The van der Waals surface area contributed by atoms with Crippen LogP contribution in [0.2, 0.25) is 0 Å². The highest BCUT2D eigenvalue weighted by atomic mass is 35.5. The molecule has 2 unspecified atom stereocenters. The van der Waals surface area contributed by atoms with Crippen molar-refractivity contribution in [2.75, 3.05) is 13.1 Å². The lowest BCUT2D eigenvalue weighted by Crippen LogP contribution is -2.49. The molecule has 1 aliphatic heterocycles. The first kappa shape index (κ1) is 11.0. The third-order valence-electron chi connectivity index (χ3n) is 2.70. The standard InChI is InChI=1S/C10H19ClN2/c1-9(12)10-5-2-3-7-13(10)8-4-6-11/h4,6,9-10H,2-3,5,7-8,12H2,1H3. The molecule has 2 N–H and O–H groups in total. The summed E-state index contributed by atoms with van der Waals surface area (Å²) in [5.74, 6) is 0. The average molecular weight is 203 g/mol. The summed E-state index contributed by atoms with van der Waals surface area (Å²) in [5.41, 5.74) is 7.52. The van der Waals surface area contributed by atoms with E-state index < -0.39 is 0 Å². The fourth-order valence-corrected chi connectivity index (χ4v) is 2.09. The Morgan fingerprint density at radius 3 is 3.00 bits per heavy atom. The van der Waals surface area contributed by atoms with E-state index in [1.807, 2.05) is 6.08 Å². The fraction of sp³-hybridized carbons (Fsp3) is 0.800. The van der Waals surface area contributed by atoms with Gasteiger partial charge in [0.05, 0.1) is 0 Å². The lowest BCUT2D eigenvalue weighted by atomic mass is 9.97. The largest absolute Gasteiger partial charge is 0.327 e. The van der Waals surface area contributed by atoms with Gasteiger partial charge in [-0.2, -0.15) is 0 Å². The van der Waals surface area contributed by atoms with Gasteiger partial charge in [0.2, 0.25) is 0 Å². The van der Waals surface area contributed by atoms with Crippen LogP contribution in [-0.2, 0) is 0 Å². The Balaban J connectivity index is 2.46. The number of piperidine rings is 1. The second-order valence-corrected chi connectivity index (χ2v) is 4.03. The van der Waals surface area contributed by atoms with Crippen molar-refractivity contribution in [1.82, 2.24) is 4.90 Å². The molecule has 1 saturated heterocycles. The summed E-state index contributed by atoms with van der Waals surface area (Å²) >= 11 is 5.51. The van der Waals surface area contributed by atoms with Gasteiger partial charge < -0.3 is 5.73 Å². The maximum Gasteiger partial charge on any atom is 0.0247 e. The molecular formula is C10H19ClN2. The van der Waals surface area contributed by atoms with Crippen molar-refractivity contribution < 1.29 is 0 Å². The van der Waals surface area contributed by atoms with Crippen LogP contribution in [0, 0.1) is 0 Å². The molecule has 0 bridgehead atoms. The predicted molar refractivity (Wildman–Crippen MR) is 57.9 cm³/mol. The second-order valence-electron chi connectivity index (χ2n) is 3.78. The minimum absolute atomic E-state index is 0.268. The van der Waals surface area contributed by atoms with E-state index in [1.54, 1.807) is 5.54 Å². The minimum Gasteiger partial charge on any atom is -0.327 e. The van der Waals surface area contributed by atoms with Gasteiger partial charge in [-0.05, 0) is 26.3 Å². The third kappa shape index (κ3) is 3.29. The molecule has 13 heavy (non-hydrogen) atoms. The highest BCUT2D eigenvalue weighted by Gasteiger charge is 2.23. The van der Waals surface area contributed by atoms with E-state index in [9.17, 15) is 0 Å². The smallest absolute Gasteiger partial charge is 0.0247 e. The van der Waals surface area contributed by atoms with Crippen molar-refractivity contribution in [3.8, 4) is 0 Å². The molecule has 76 valence electrons. The normalized spacial score (nSPS) is 28.1. The van der Waals surface area contributed by atoms with Crippen LogP contribution >= 0.6 is 11.6 Å². The van der Waals surface area contributed by atoms with E-state index >= 15 is 0 Å². The van der Waals surface area contributed by atoms with Crippen LogP contribution in [0.4, 0.5) is 0 Å². The molecule has 1 heterocycles. The maximum absolute atomic E-state index is 5.93. The minimum atomic E-state index is 0.268. The zero-order chi connectivity index (χ0) is 9.68. The summed E-state index contributed by atoms with van der Waals surface area (Å²) in [6.45, 7) is 4.19. The summed E-state index contributed by atoms with van der Waals surface area (Å²) in [6.07, 6.45) is 5.82. The van der Waals surface area contributed by atoms with Crippen LogP contribution < -0.4 is 5.73 Å². The molecule has 1 rings (SSSR count). The first-order valence-corrected chi connectivity index (χ1v) is 5.44. The van der Waals surface area contributed by atoms with Crippen molar-refractivity contribution in [3.63, 3.8) is 0 Å². The lowest BCUT2D eigenvalue weighted by molar-refractivity contribution is 0.146. The molecule has 2 atom stereocenters. The van der Waals surface area contributed by atoms with Crippen LogP contribution in [0.1, 0.15) is 26.2 Å². The molecule has 0 aromatic carbocycles. The molecule has 1 aliphatic rings. The van der Waals surface area contributed by atoms with Crippen LogP contribution in [0.3, 0.4) is 0 Å². The van der Waals surface area contributed by atoms with Gasteiger partial charge in [-0.1, -0.05) is 24.1 Å². The van der Waals surface area contributed by atoms with E-state index in [1.165, 1.54) is 19.3 Å². The summed E-state index contributed by atoms with van der Waals surface area (Å²) in [4.78, 5) is 2.42. The summed E-state index contributed by atoms with van der Waals surface area (Å²) in [6, 6.07) is 0.811. The van der Waals surface area contributed by atoms with E-state index in [4.69, 9.17) is 17.3 Å².